The van der Waals surface area contributed by atoms with E-state index in [0.717, 1.165) is 22.5 Å². The maximum atomic E-state index is 13.1. The van der Waals surface area contributed by atoms with E-state index in [4.69, 9.17) is 5.73 Å². The molecule has 1 aromatic rings. The van der Waals surface area contributed by atoms with Crippen LogP contribution in [0.25, 0.3) is 0 Å². The van der Waals surface area contributed by atoms with E-state index < -0.39 is 21.8 Å². The zero-order chi connectivity index (χ0) is 15.5. The van der Waals surface area contributed by atoms with E-state index in [1.165, 1.54) is 14.1 Å². The number of nitrogens with zero attached hydrogens (tertiary/aromatic N) is 1. The fraction of sp³-hybridized carbons (Fsp3) is 0.417. The van der Waals surface area contributed by atoms with Gasteiger partial charge in [-0.2, -0.15) is 0 Å². The fourth-order valence-electron chi connectivity index (χ4n) is 1.68. The summed E-state index contributed by atoms with van der Waals surface area (Å²) in [7, 11) is -0.973. The van der Waals surface area contributed by atoms with Crippen molar-refractivity contribution < 1.29 is 17.6 Å². The lowest BCUT2D eigenvalue weighted by atomic mass is 10.2. The van der Waals surface area contributed by atoms with Gasteiger partial charge in [0.1, 0.15) is 5.82 Å². The van der Waals surface area contributed by atoms with Gasteiger partial charge in [0.05, 0.1) is 10.6 Å². The van der Waals surface area contributed by atoms with Gasteiger partial charge in [0.25, 0.3) is 0 Å². The molecule has 0 spiro atoms. The van der Waals surface area contributed by atoms with E-state index >= 15 is 0 Å². The molecular weight excluding hydrogens is 285 g/mol. The number of nitrogens with one attached hydrogen (secondary N) is 1. The van der Waals surface area contributed by atoms with Crippen LogP contribution < -0.4 is 11.1 Å². The number of hydrogen-bond donors (Lipinski definition) is 2. The van der Waals surface area contributed by atoms with Crippen LogP contribution >= 0.6 is 0 Å². The maximum absolute atomic E-state index is 13.1. The molecule has 0 aliphatic rings. The monoisotopic (exact) mass is 303 g/mol. The number of nitrogen functional groups attached to an aromatic ring is 1. The average Bonchev–Trinajstić information content (AvgIpc) is 2.40. The minimum Gasteiger partial charge on any atom is -0.396 e. The van der Waals surface area contributed by atoms with E-state index in [9.17, 15) is 17.6 Å². The number of carbonyl (C=O) groups is 1. The van der Waals surface area contributed by atoms with Crippen LogP contribution in [0.4, 0.5) is 10.1 Å². The first-order valence-electron chi connectivity index (χ1n) is 5.93. The van der Waals surface area contributed by atoms with Crippen LogP contribution in [0.3, 0.4) is 0 Å². The van der Waals surface area contributed by atoms with Crippen LogP contribution in [0.2, 0.25) is 0 Å². The second-order valence-corrected chi connectivity index (χ2v) is 6.53. The highest BCUT2D eigenvalue weighted by Gasteiger charge is 2.25. The molecule has 0 aromatic heterocycles. The Morgan fingerprint density at radius 2 is 2.10 bits per heavy atom. The predicted octanol–water partition coefficient (Wildman–Crippen LogP) is 0.411. The van der Waals surface area contributed by atoms with Gasteiger partial charge in [0, 0.05) is 26.6 Å². The molecule has 0 saturated carbocycles. The largest absolute Gasteiger partial charge is 0.396 e. The summed E-state index contributed by atoms with van der Waals surface area (Å²) < 4.78 is 38.6. The van der Waals surface area contributed by atoms with Crippen molar-refractivity contribution in [2.45, 2.75) is 11.8 Å². The first-order chi connectivity index (χ1) is 9.20. The molecule has 0 heterocycles. The number of nitrogens with two attached hydrogens (primary N) is 1. The summed E-state index contributed by atoms with van der Waals surface area (Å²) in [6.07, 6.45) is 0. The quantitative estimate of drug-likeness (QED) is 0.771. The first kappa shape index (κ1) is 16.4. The van der Waals surface area contributed by atoms with Gasteiger partial charge >= 0.3 is 0 Å². The molecule has 1 unspecified atom stereocenters. The SMILES string of the molecule is CNC(=O)C(C)CN(C)S(=O)(=O)c1ccc(F)c(N)c1. The van der Waals surface area contributed by atoms with Gasteiger partial charge in [0.15, 0.2) is 0 Å². The Balaban J connectivity index is 2.98. The van der Waals surface area contributed by atoms with Crippen molar-refractivity contribution >= 4 is 21.6 Å². The molecule has 1 rings (SSSR count). The number of halogens is 1. The summed E-state index contributed by atoms with van der Waals surface area (Å²) >= 11 is 0. The normalized spacial score (nSPS) is 13.2. The highest BCUT2D eigenvalue weighted by molar-refractivity contribution is 7.89. The summed E-state index contributed by atoms with van der Waals surface area (Å²) in [5.41, 5.74) is 5.13. The molecule has 20 heavy (non-hydrogen) atoms. The number of sulfonamides is 1. The minimum atomic E-state index is -3.81. The van der Waals surface area contributed by atoms with Crippen molar-refractivity contribution in [1.29, 1.82) is 0 Å². The molecule has 0 fully saturated rings. The number of hydrogen-bond acceptors (Lipinski definition) is 4. The Hall–Kier alpha value is -1.67. The van der Waals surface area contributed by atoms with Crippen molar-refractivity contribution in [3.8, 4) is 0 Å². The van der Waals surface area contributed by atoms with Gasteiger partial charge in [-0.15, -0.1) is 0 Å². The third-order valence-corrected chi connectivity index (χ3v) is 4.72. The molecular formula is C12H18FN3O3S. The van der Waals surface area contributed by atoms with Crippen LogP contribution in [0.5, 0.6) is 0 Å². The van der Waals surface area contributed by atoms with Gasteiger partial charge in [-0.3, -0.25) is 4.79 Å². The van der Waals surface area contributed by atoms with Gasteiger partial charge < -0.3 is 11.1 Å². The van der Waals surface area contributed by atoms with Crippen molar-refractivity contribution in [2.75, 3.05) is 26.4 Å². The lowest BCUT2D eigenvalue weighted by Crippen LogP contribution is -2.37. The predicted molar refractivity (Wildman–Crippen MR) is 73.9 cm³/mol. The highest BCUT2D eigenvalue weighted by Crippen LogP contribution is 2.20. The van der Waals surface area contributed by atoms with Gasteiger partial charge in [0.2, 0.25) is 15.9 Å². The highest BCUT2D eigenvalue weighted by atomic mass is 32.2. The van der Waals surface area contributed by atoms with Crippen molar-refractivity contribution in [3.63, 3.8) is 0 Å². The Labute approximate surface area is 117 Å². The molecule has 1 amide bonds. The molecule has 0 radical (unpaired) electrons. The molecule has 0 aliphatic heterocycles. The molecule has 3 N–H and O–H groups in total. The minimum absolute atomic E-state index is 0.0132. The van der Waals surface area contributed by atoms with Crippen LogP contribution in [0.15, 0.2) is 23.1 Å². The lowest BCUT2D eigenvalue weighted by molar-refractivity contribution is -0.124. The zero-order valence-corrected chi connectivity index (χ0v) is 12.4. The van der Waals surface area contributed by atoms with E-state index in [-0.39, 0.29) is 23.0 Å². The zero-order valence-electron chi connectivity index (χ0n) is 11.6. The number of carbonyl (C=O) groups excluding carboxylic acids is 1. The molecule has 8 heteroatoms. The Morgan fingerprint density at radius 1 is 1.50 bits per heavy atom. The fourth-order valence-corrected chi connectivity index (χ4v) is 2.97. The Morgan fingerprint density at radius 3 is 2.60 bits per heavy atom. The molecule has 1 atom stereocenters. The van der Waals surface area contributed by atoms with E-state index in [1.807, 2.05) is 0 Å². The summed E-state index contributed by atoms with van der Waals surface area (Å²) in [6.45, 7) is 1.63. The average molecular weight is 303 g/mol. The Kier molecular flexibility index (Phi) is 5.07. The number of anilines is 1. The second-order valence-electron chi connectivity index (χ2n) is 4.48. The van der Waals surface area contributed by atoms with Gasteiger partial charge in [-0.05, 0) is 18.2 Å². The van der Waals surface area contributed by atoms with Crippen LogP contribution in [-0.2, 0) is 14.8 Å². The molecule has 0 saturated heterocycles. The topological polar surface area (TPSA) is 92.5 Å². The second kappa shape index (κ2) is 6.19. The molecule has 112 valence electrons. The first-order valence-corrected chi connectivity index (χ1v) is 7.37. The maximum Gasteiger partial charge on any atom is 0.242 e. The van der Waals surface area contributed by atoms with Crippen molar-refractivity contribution in [2.24, 2.45) is 5.92 Å². The number of benzene rings is 1. The lowest BCUT2D eigenvalue weighted by Gasteiger charge is -2.20. The molecule has 1 aromatic carbocycles. The van der Waals surface area contributed by atoms with Gasteiger partial charge in [-0.25, -0.2) is 17.1 Å². The third-order valence-electron chi connectivity index (χ3n) is 2.90. The summed E-state index contributed by atoms with van der Waals surface area (Å²) in [5.74, 6) is -1.44. The van der Waals surface area contributed by atoms with E-state index in [0.29, 0.717) is 0 Å². The third kappa shape index (κ3) is 3.45. The smallest absolute Gasteiger partial charge is 0.242 e. The standard InChI is InChI=1S/C12H18FN3O3S/c1-8(12(17)15-2)7-16(3)20(18,19)9-4-5-10(13)11(14)6-9/h4-6,8H,7,14H2,1-3H3,(H,15,17). The summed E-state index contributed by atoms with van der Waals surface area (Å²) in [4.78, 5) is 11.3. The van der Waals surface area contributed by atoms with E-state index in [2.05, 4.69) is 5.32 Å². The van der Waals surface area contributed by atoms with Crippen LogP contribution in [0.1, 0.15) is 6.92 Å². The van der Waals surface area contributed by atoms with Crippen molar-refractivity contribution in [1.82, 2.24) is 9.62 Å². The molecule has 0 aliphatic carbocycles. The van der Waals surface area contributed by atoms with Crippen LogP contribution in [0, 0.1) is 11.7 Å². The number of rotatable bonds is 5. The molecule has 0 bridgehead atoms. The molecule has 6 nitrogen and oxygen atoms in total. The van der Waals surface area contributed by atoms with E-state index in [1.54, 1.807) is 6.92 Å². The van der Waals surface area contributed by atoms with Crippen molar-refractivity contribution in [3.05, 3.63) is 24.0 Å². The summed E-state index contributed by atoms with van der Waals surface area (Å²) in [6, 6.07) is 3.20. The Bertz CT molecular complexity index is 604. The summed E-state index contributed by atoms with van der Waals surface area (Å²) in [5, 5.41) is 2.45. The number of amides is 1. The van der Waals surface area contributed by atoms with Gasteiger partial charge in [-0.1, -0.05) is 6.92 Å². The van der Waals surface area contributed by atoms with Crippen LogP contribution in [-0.4, -0.2) is 39.3 Å².